The van der Waals surface area contributed by atoms with E-state index in [4.69, 9.17) is 4.42 Å². The van der Waals surface area contributed by atoms with Gasteiger partial charge in [0.15, 0.2) is 5.76 Å². The van der Waals surface area contributed by atoms with E-state index < -0.39 is 5.82 Å². The molecule has 0 radical (unpaired) electrons. The first kappa shape index (κ1) is 19.8. The van der Waals surface area contributed by atoms with Gasteiger partial charge in [0.2, 0.25) is 0 Å². The number of carbonyl (C=O) groups is 3. The Bertz CT molecular complexity index is 984. The van der Waals surface area contributed by atoms with E-state index in [1.165, 1.54) is 30.5 Å². The molecule has 0 saturated heterocycles. The second-order valence-corrected chi connectivity index (χ2v) is 6.03. The molecule has 0 fully saturated rings. The van der Waals surface area contributed by atoms with Crippen LogP contribution in [0.1, 0.15) is 31.3 Å². The summed E-state index contributed by atoms with van der Waals surface area (Å²) in [5, 5.41) is 7.98. The van der Waals surface area contributed by atoms with Crippen LogP contribution in [0.3, 0.4) is 0 Å². The van der Waals surface area contributed by atoms with Crippen LogP contribution in [0, 0.1) is 5.82 Å². The van der Waals surface area contributed by atoms with Gasteiger partial charge in [0.05, 0.1) is 6.26 Å². The third-order valence-electron chi connectivity index (χ3n) is 3.95. The van der Waals surface area contributed by atoms with Gasteiger partial charge in [-0.3, -0.25) is 14.4 Å². The van der Waals surface area contributed by atoms with Gasteiger partial charge in [0.1, 0.15) is 5.82 Å². The maximum Gasteiger partial charge on any atom is 0.287 e. The first-order chi connectivity index (χ1) is 14.0. The van der Waals surface area contributed by atoms with Gasteiger partial charge in [-0.25, -0.2) is 4.39 Å². The van der Waals surface area contributed by atoms with Crippen molar-refractivity contribution < 1.29 is 23.2 Å². The van der Waals surface area contributed by atoms with E-state index in [1.807, 2.05) is 0 Å². The fraction of sp³-hybridized carbons (Fsp3) is 0.0952. The van der Waals surface area contributed by atoms with E-state index >= 15 is 0 Å². The predicted molar refractivity (Wildman–Crippen MR) is 104 cm³/mol. The lowest BCUT2D eigenvalue weighted by molar-refractivity contribution is 0.0910. The SMILES string of the molecule is O=C(NCCNC(=O)c1ccco1)c1ccc(NC(=O)c2ccc(F)cc2)cc1. The first-order valence-electron chi connectivity index (χ1n) is 8.80. The van der Waals surface area contributed by atoms with Crippen LogP contribution in [-0.4, -0.2) is 30.8 Å². The van der Waals surface area contributed by atoms with Gasteiger partial charge in [0, 0.05) is 29.9 Å². The molecule has 7 nitrogen and oxygen atoms in total. The van der Waals surface area contributed by atoms with Crippen molar-refractivity contribution in [3.05, 3.63) is 89.6 Å². The van der Waals surface area contributed by atoms with Crippen molar-refractivity contribution in [1.82, 2.24) is 10.6 Å². The molecule has 0 aliphatic rings. The van der Waals surface area contributed by atoms with Crippen molar-refractivity contribution in [1.29, 1.82) is 0 Å². The molecule has 3 aromatic rings. The summed E-state index contributed by atoms with van der Waals surface area (Å²) < 4.78 is 17.9. The highest BCUT2D eigenvalue weighted by Gasteiger charge is 2.10. The summed E-state index contributed by atoms with van der Waals surface area (Å²) in [5.74, 6) is -1.26. The maximum absolute atomic E-state index is 12.9. The van der Waals surface area contributed by atoms with Crippen molar-refractivity contribution in [2.24, 2.45) is 0 Å². The van der Waals surface area contributed by atoms with Gasteiger partial charge in [-0.1, -0.05) is 0 Å². The molecule has 1 heterocycles. The van der Waals surface area contributed by atoms with Crippen LogP contribution in [0.2, 0.25) is 0 Å². The van der Waals surface area contributed by atoms with Crippen molar-refractivity contribution in [2.45, 2.75) is 0 Å². The number of anilines is 1. The Balaban J connectivity index is 1.45. The van der Waals surface area contributed by atoms with Crippen molar-refractivity contribution in [2.75, 3.05) is 18.4 Å². The van der Waals surface area contributed by atoms with E-state index in [2.05, 4.69) is 16.0 Å². The molecule has 0 aliphatic heterocycles. The predicted octanol–water partition coefficient (Wildman–Crippen LogP) is 2.83. The molecule has 0 spiro atoms. The topological polar surface area (TPSA) is 100 Å². The molecule has 0 saturated carbocycles. The Morgan fingerprint density at radius 3 is 1.97 bits per heavy atom. The summed E-state index contributed by atoms with van der Waals surface area (Å²) in [6.45, 7) is 0.491. The quantitative estimate of drug-likeness (QED) is 0.536. The summed E-state index contributed by atoms with van der Waals surface area (Å²) in [6, 6.07) is 14.7. The molecule has 3 rings (SSSR count). The number of hydrogen-bond donors (Lipinski definition) is 3. The van der Waals surface area contributed by atoms with Gasteiger partial charge in [-0.2, -0.15) is 0 Å². The molecule has 0 atom stereocenters. The zero-order valence-corrected chi connectivity index (χ0v) is 15.3. The van der Waals surface area contributed by atoms with Crippen molar-refractivity contribution in [3.8, 4) is 0 Å². The fourth-order valence-electron chi connectivity index (χ4n) is 2.46. The zero-order chi connectivity index (χ0) is 20.6. The lowest BCUT2D eigenvalue weighted by Gasteiger charge is -2.08. The van der Waals surface area contributed by atoms with Crippen LogP contribution in [0.5, 0.6) is 0 Å². The highest BCUT2D eigenvalue weighted by Crippen LogP contribution is 2.12. The Hall–Kier alpha value is -3.94. The summed E-state index contributed by atoms with van der Waals surface area (Å²) in [6.07, 6.45) is 1.41. The average molecular weight is 395 g/mol. The molecular formula is C21H18FN3O4. The van der Waals surface area contributed by atoms with Crippen LogP contribution in [0.4, 0.5) is 10.1 Å². The minimum Gasteiger partial charge on any atom is -0.459 e. The van der Waals surface area contributed by atoms with E-state index in [0.29, 0.717) is 16.8 Å². The largest absolute Gasteiger partial charge is 0.459 e. The van der Waals surface area contributed by atoms with Gasteiger partial charge >= 0.3 is 0 Å². The summed E-state index contributed by atoms with van der Waals surface area (Å²) in [4.78, 5) is 35.9. The van der Waals surface area contributed by atoms with Crippen LogP contribution >= 0.6 is 0 Å². The normalized spacial score (nSPS) is 10.2. The lowest BCUT2D eigenvalue weighted by atomic mass is 10.1. The number of carbonyl (C=O) groups excluding carboxylic acids is 3. The highest BCUT2D eigenvalue weighted by molar-refractivity contribution is 6.04. The molecule has 2 aromatic carbocycles. The second kappa shape index (κ2) is 9.32. The molecule has 0 bridgehead atoms. The Labute approximate surface area is 165 Å². The minimum absolute atomic E-state index is 0.203. The maximum atomic E-state index is 12.9. The Kier molecular flexibility index (Phi) is 6.36. The summed E-state index contributed by atoms with van der Waals surface area (Å²) in [5.41, 5.74) is 1.23. The number of rotatable bonds is 7. The summed E-state index contributed by atoms with van der Waals surface area (Å²) in [7, 11) is 0. The third kappa shape index (κ3) is 5.52. The number of benzene rings is 2. The third-order valence-corrected chi connectivity index (χ3v) is 3.95. The van der Waals surface area contributed by atoms with E-state index in [9.17, 15) is 18.8 Å². The fourth-order valence-corrected chi connectivity index (χ4v) is 2.46. The van der Waals surface area contributed by atoms with E-state index in [0.717, 1.165) is 0 Å². The number of hydrogen-bond acceptors (Lipinski definition) is 4. The first-order valence-corrected chi connectivity index (χ1v) is 8.80. The Morgan fingerprint density at radius 1 is 0.759 bits per heavy atom. The van der Waals surface area contributed by atoms with Gasteiger partial charge < -0.3 is 20.4 Å². The van der Waals surface area contributed by atoms with Crippen molar-refractivity contribution in [3.63, 3.8) is 0 Å². The monoisotopic (exact) mass is 395 g/mol. The standard InChI is InChI=1S/C21H18FN3O4/c22-16-7-3-15(4-8-16)20(27)25-17-9-5-14(6-10-17)19(26)23-11-12-24-21(28)18-2-1-13-29-18/h1-10,13H,11-12H2,(H,23,26)(H,24,28)(H,25,27). The molecule has 29 heavy (non-hydrogen) atoms. The van der Waals surface area contributed by atoms with Crippen LogP contribution in [0.25, 0.3) is 0 Å². The molecule has 3 amide bonds. The average Bonchev–Trinajstić information content (AvgIpc) is 3.27. The molecule has 0 aliphatic carbocycles. The van der Waals surface area contributed by atoms with Crippen molar-refractivity contribution >= 4 is 23.4 Å². The summed E-state index contributed by atoms with van der Waals surface area (Å²) >= 11 is 0. The number of furan rings is 1. The van der Waals surface area contributed by atoms with Crippen LogP contribution in [-0.2, 0) is 0 Å². The lowest BCUT2D eigenvalue weighted by Crippen LogP contribution is -2.34. The molecular weight excluding hydrogens is 377 g/mol. The van der Waals surface area contributed by atoms with Crippen LogP contribution in [0.15, 0.2) is 71.3 Å². The second-order valence-electron chi connectivity index (χ2n) is 6.03. The molecule has 0 unspecified atom stereocenters. The highest BCUT2D eigenvalue weighted by atomic mass is 19.1. The number of halogens is 1. The van der Waals surface area contributed by atoms with Gasteiger partial charge in [-0.05, 0) is 60.7 Å². The van der Waals surface area contributed by atoms with E-state index in [-0.39, 0.29) is 36.6 Å². The van der Waals surface area contributed by atoms with Crippen LogP contribution < -0.4 is 16.0 Å². The molecule has 148 valence electrons. The zero-order valence-electron chi connectivity index (χ0n) is 15.3. The molecule has 3 N–H and O–H groups in total. The number of nitrogens with one attached hydrogen (secondary N) is 3. The minimum atomic E-state index is -0.419. The molecule has 8 heteroatoms. The number of amides is 3. The smallest absolute Gasteiger partial charge is 0.287 e. The van der Waals surface area contributed by atoms with Gasteiger partial charge in [-0.15, -0.1) is 0 Å². The molecule has 1 aromatic heterocycles. The van der Waals surface area contributed by atoms with Gasteiger partial charge in [0.25, 0.3) is 17.7 Å². The van der Waals surface area contributed by atoms with E-state index in [1.54, 1.807) is 36.4 Å². The Morgan fingerprint density at radius 2 is 1.34 bits per heavy atom.